The average Bonchev–Trinajstić information content (AvgIpc) is 3.15. The van der Waals surface area contributed by atoms with Gasteiger partial charge in [-0.1, -0.05) is 35.9 Å². The summed E-state index contributed by atoms with van der Waals surface area (Å²) in [5.74, 6) is 0.546. The van der Waals surface area contributed by atoms with Crippen molar-refractivity contribution in [2.45, 2.75) is 0 Å². The van der Waals surface area contributed by atoms with Crippen LogP contribution in [-0.2, 0) is 4.79 Å². The summed E-state index contributed by atoms with van der Waals surface area (Å²) in [5, 5.41) is 15.7. The van der Waals surface area contributed by atoms with E-state index in [0.717, 1.165) is 5.56 Å². The van der Waals surface area contributed by atoms with Crippen LogP contribution in [0, 0.1) is 5.41 Å². The first-order valence-electron chi connectivity index (χ1n) is 8.49. The van der Waals surface area contributed by atoms with Crippen molar-refractivity contribution < 1.29 is 14.3 Å². The fourth-order valence-corrected chi connectivity index (χ4v) is 4.06. The first-order valence-corrected chi connectivity index (χ1v) is 9.68. The number of hydrogen-bond donors (Lipinski definition) is 1. The Balaban J connectivity index is 1.69. The van der Waals surface area contributed by atoms with Crippen LogP contribution in [0.4, 0.5) is 0 Å². The number of hydrogen-bond acceptors (Lipinski definition) is 6. The summed E-state index contributed by atoms with van der Waals surface area (Å²) in [5.41, 5.74) is 1.53. The average molecular weight is 427 g/mol. The van der Waals surface area contributed by atoms with E-state index in [9.17, 15) is 4.79 Å². The third kappa shape index (κ3) is 3.52. The maximum Gasteiger partial charge on any atom is 0.283 e. The number of amides is 1. The molecule has 2 aliphatic heterocycles. The van der Waals surface area contributed by atoms with Gasteiger partial charge in [0, 0.05) is 5.56 Å². The van der Waals surface area contributed by atoms with Crippen molar-refractivity contribution in [2.24, 2.45) is 10.1 Å². The molecule has 2 aromatic rings. The van der Waals surface area contributed by atoms with Gasteiger partial charge in [-0.15, -0.1) is 0 Å². The molecule has 9 heteroatoms. The van der Waals surface area contributed by atoms with E-state index in [1.165, 1.54) is 23.9 Å². The van der Waals surface area contributed by atoms with Crippen LogP contribution in [0.3, 0.4) is 0 Å². The fraction of sp³-hybridized carbons (Fsp3) is 0.100. The van der Waals surface area contributed by atoms with Gasteiger partial charge in [0.2, 0.25) is 5.17 Å². The number of hydrazone groups is 1. The molecule has 2 heterocycles. The third-order valence-electron chi connectivity index (χ3n) is 4.28. The molecule has 2 aromatic carbocycles. The van der Waals surface area contributed by atoms with Crippen LogP contribution in [0.25, 0.3) is 6.08 Å². The molecule has 0 fully saturated rings. The molecule has 0 aliphatic carbocycles. The zero-order valence-corrected chi connectivity index (χ0v) is 17.0. The summed E-state index contributed by atoms with van der Waals surface area (Å²) in [6, 6.07) is 12.5. The van der Waals surface area contributed by atoms with Gasteiger partial charge in [-0.25, -0.2) is 0 Å². The summed E-state index contributed by atoms with van der Waals surface area (Å²) < 4.78 is 10.5. The van der Waals surface area contributed by atoms with Crippen molar-refractivity contribution in [3.05, 3.63) is 64.2 Å². The number of benzene rings is 2. The zero-order valence-electron chi connectivity index (χ0n) is 15.5. The molecule has 0 radical (unpaired) electrons. The Morgan fingerprint density at radius 2 is 1.90 bits per heavy atom. The maximum atomic E-state index is 12.6. The fourth-order valence-electron chi connectivity index (χ4n) is 2.84. The standard InChI is InChI=1S/C20H15ClN4O3S/c1-27-15-8-7-11(10-16(15)28-2)9-13-17(22)25-20(23-18(13)26)29-19(24-25)12-5-3-4-6-14(12)21/h3-10,22H,1-2H3/b13-9-,22-17?. The Bertz CT molecular complexity index is 1130. The van der Waals surface area contributed by atoms with Crippen molar-refractivity contribution in [3.8, 4) is 11.5 Å². The molecule has 0 aromatic heterocycles. The number of amidine groups is 2. The lowest BCUT2D eigenvalue weighted by molar-refractivity contribution is -0.114. The molecule has 0 saturated heterocycles. The van der Waals surface area contributed by atoms with Crippen molar-refractivity contribution in [2.75, 3.05) is 14.2 Å². The second-order valence-corrected chi connectivity index (χ2v) is 7.38. The van der Waals surface area contributed by atoms with Crippen LogP contribution in [0.2, 0.25) is 5.02 Å². The highest BCUT2D eigenvalue weighted by molar-refractivity contribution is 8.27. The summed E-state index contributed by atoms with van der Waals surface area (Å²) in [6.07, 6.45) is 1.58. The van der Waals surface area contributed by atoms with Crippen LogP contribution < -0.4 is 9.47 Å². The molecule has 1 N–H and O–H groups in total. The second kappa shape index (κ2) is 7.73. The number of halogens is 1. The van der Waals surface area contributed by atoms with Gasteiger partial charge in [-0.05, 0) is 41.6 Å². The zero-order chi connectivity index (χ0) is 20.5. The lowest BCUT2D eigenvalue weighted by Crippen LogP contribution is -2.35. The van der Waals surface area contributed by atoms with Crippen LogP contribution in [0.1, 0.15) is 11.1 Å². The van der Waals surface area contributed by atoms with Gasteiger partial charge < -0.3 is 9.47 Å². The molecule has 0 bridgehead atoms. The van der Waals surface area contributed by atoms with Gasteiger partial charge in [-0.3, -0.25) is 10.2 Å². The first kappa shape index (κ1) is 19.2. The molecule has 7 nitrogen and oxygen atoms in total. The minimum absolute atomic E-state index is 0.0515. The minimum Gasteiger partial charge on any atom is -0.493 e. The number of nitrogens with zero attached hydrogens (tertiary/aromatic N) is 3. The van der Waals surface area contributed by atoms with Crippen molar-refractivity contribution in [1.29, 1.82) is 5.41 Å². The van der Waals surface area contributed by atoms with Gasteiger partial charge in [0.25, 0.3) is 5.91 Å². The highest BCUT2D eigenvalue weighted by Crippen LogP contribution is 2.34. The molecule has 29 heavy (non-hydrogen) atoms. The molecule has 146 valence electrons. The van der Waals surface area contributed by atoms with Crippen LogP contribution in [0.15, 0.2) is 58.1 Å². The quantitative estimate of drug-likeness (QED) is 0.746. The number of aliphatic imine (C=N–C) groups is 1. The Morgan fingerprint density at radius 1 is 1.14 bits per heavy atom. The van der Waals surface area contributed by atoms with Gasteiger partial charge in [0.1, 0.15) is 5.04 Å². The highest BCUT2D eigenvalue weighted by Gasteiger charge is 2.36. The van der Waals surface area contributed by atoms with Crippen LogP contribution in [0.5, 0.6) is 11.5 Å². The Kier molecular flexibility index (Phi) is 5.12. The summed E-state index contributed by atoms with van der Waals surface area (Å²) in [7, 11) is 3.08. The molecule has 4 rings (SSSR count). The lowest BCUT2D eigenvalue weighted by Gasteiger charge is -2.20. The molecule has 0 spiro atoms. The molecule has 0 atom stereocenters. The maximum absolute atomic E-state index is 12.6. The SMILES string of the molecule is COc1ccc(/C=C2/C(=N)N3N=C(c4ccccc4Cl)SC3=NC2=O)cc1OC. The lowest BCUT2D eigenvalue weighted by atomic mass is 10.1. The summed E-state index contributed by atoms with van der Waals surface area (Å²) >= 11 is 7.45. The number of thioether (sulfide) groups is 1. The van der Waals surface area contributed by atoms with E-state index in [1.807, 2.05) is 18.2 Å². The number of ether oxygens (including phenoxy) is 2. The van der Waals surface area contributed by atoms with E-state index in [0.29, 0.717) is 32.3 Å². The third-order valence-corrected chi connectivity index (χ3v) is 5.55. The summed E-state index contributed by atoms with van der Waals surface area (Å²) in [6.45, 7) is 0. The van der Waals surface area contributed by atoms with E-state index < -0.39 is 5.91 Å². The predicted octanol–water partition coefficient (Wildman–Crippen LogP) is 4.02. The van der Waals surface area contributed by atoms with E-state index in [4.69, 9.17) is 26.5 Å². The molecule has 0 unspecified atom stereocenters. The number of nitrogens with one attached hydrogen (secondary N) is 1. The van der Waals surface area contributed by atoms with E-state index >= 15 is 0 Å². The van der Waals surface area contributed by atoms with E-state index in [1.54, 1.807) is 37.5 Å². The molecule has 2 aliphatic rings. The highest BCUT2D eigenvalue weighted by atomic mass is 35.5. The van der Waals surface area contributed by atoms with E-state index in [-0.39, 0.29) is 11.4 Å². The van der Waals surface area contributed by atoms with Crippen LogP contribution >= 0.6 is 23.4 Å². The smallest absolute Gasteiger partial charge is 0.283 e. The van der Waals surface area contributed by atoms with E-state index in [2.05, 4.69) is 10.1 Å². The molecule has 1 amide bonds. The number of carbonyl (C=O) groups is 1. The van der Waals surface area contributed by atoms with Crippen molar-refractivity contribution in [1.82, 2.24) is 5.01 Å². The minimum atomic E-state index is -0.501. The Morgan fingerprint density at radius 3 is 2.62 bits per heavy atom. The second-order valence-electron chi connectivity index (χ2n) is 6.02. The van der Waals surface area contributed by atoms with Crippen molar-refractivity contribution in [3.63, 3.8) is 0 Å². The first-order chi connectivity index (χ1) is 14.0. The number of fused-ring (bicyclic) bond motifs is 1. The monoisotopic (exact) mass is 426 g/mol. The Labute approximate surface area is 176 Å². The largest absolute Gasteiger partial charge is 0.493 e. The summed E-state index contributed by atoms with van der Waals surface area (Å²) in [4.78, 5) is 16.7. The number of carbonyl (C=O) groups excluding carboxylic acids is 1. The van der Waals surface area contributed by atoms with Crippen molar-refractivity contribution >= 4 is 51.4 Å². The predicted molar refractivity (Wildman–Crippen MR) is 115 cm³/mol. The van der Waals surface area contributed by atoms with Gasteiger partial charge >= 0.3 is 0 Å². The number of methoxy groups -OCH3 is 2. The normalized spacial score (nSPS) is 17.2. The molecular weight excluding hydrogens is 412 g/mol. The van der Waals surface area contributed by atoms with Gasteiger partial charge in [0.15, 0.2) is 17.3 Å². The topological polar surface area (TPSA) is 87.3 Å². The molecular formula is C20H15ClN4O3S. The van der Waals surface area contributed by atoms with Gasteiger partial charge in [0.05, 0.1) is 24.8 Å². The molecule has 0 saturated carbocycles. The number of rotatable bonds is 4. The van der Waals surface area contributed by atoms with Crippen LogP contribution in [-0.4, -0.2) is 41.2 Å². The Hall–Kier alpha value is -3.10. The van der Waals surface area contributed by atoms with Gasteiger partial charge in [-0.2, -0.15) is 15.1 Å².